The van der Waals surface area contributed by atoms with Gasteiger partial charge in [0.25, 0.3) is 5.91 Å². The molecule has 5 heteroatoms. The number of amides is 1. The SMILES string of the molecule is O=C(c1ccc2c(c1)[nH]c(=O)n2CC1CC1)N1CC=CC12CCCC2. The Morgan fingerprint density at radius 2 is 2.04 bits per heavy atom. The highest BCUT2D eigenvalue weighted by molar-refractivity contribution is 5.98. The molecule has 0 atom stereocenters. The molecule has 1 aromatic carbocycles. The summed E-state index contributed by atoms with van der Waals surface area (Å²) in [6.07, 6.45) is 11.3. The van der Waals surface area contributed by atoms with Crippen LogP contribution >= 0.6 is 0 Å². The minimum Gasteiger partial charge on any atom is -0.326 e. The van der Waals surface area contributed by atoms with Gasteiger partial charge in [-0.1, -0.05) is 25.0 Å². The second kappa shape index (κ2) is 5.35. The Bertz CT molecular complexity index is 926. The van der Waals surface area contributed by atoms with Gasteiger partial charge >= 0.3 is 5.69 Å². The molecule has 2 aliphatic carbocycles. The van der Waals surface area contributed by atoms with Crippen LogP contribution in [0, 0.1) is 5.92 Å². The van der Waals surface area contributed by atoms with Gasteiger partial charge in [0.2, 0.25) is 0 Å². The zero-order chi connectivity index (χ0) is 17.0. The summed E-state index contributed by atoms with van der Waals surface area (Å²) < 4.78 is 1.82. The number of fused-ring (bicyclic) bond motifs is 1. The van der Waals surface area contributed by atoms with Crippen molar-refractivity contribution in [2.75, 3.05) is 6.54 Å². The van der Waals surface area contributed by atoms with Crippen LogP contribution in [0.25, 0.3) is 11.0 Å². The number of hydrogen-bond acceptors (Lipinski definition) is 2. The molecular weight excluding hydrogens is 314 g/mol. The van der Waals surface area contributed by atoms with Crippen LogP contribution in [0.3, 0.4) is 0 Å². The van der Waals surface area contributed by atoms with E-state index in [0.29, 0.717) is 18.0 Å². The maximum absolute atomic E-state index is 13.1. The molecule has 2 heterocycles. The first-order valence-corrected chi connectivity index (χ1v) is 9.39. The van der Waals surface area contributed by atoms with Gasteiger partial charge in [0.05, 0.1) is 16.6 Å². The van der Waals surface area contributed by atoms with Crippen molar-refractivity contribution in [2.24, 2.45) is 5.92 Å². The predicted molar refractivity (Wildman–Crippen MR) is 96.7 cm³/mol. The molecule has 5 rings (SSSR count). The zero-order valence-electron chi connectivity index (χ0n) is 14.3. The van der Waals surface area contributed by atoms with Gasteiger partial charge in [-0.2, -0.15) is 0 Å². The number of hydrogen-bond donors (Lipinski definition) is 1. The minimum atomic E-state index is -0.0721. The van der Waals surface area contributed by atoms with Gasteiger partial charge < -0.3 is 9.88 Å². The third-order valence-electron chi connectivity index (χ3n) is 6.13. The van der Waals surface area contributed by atoms with Crippen molar-refractivity contribution in [1.82, 2.24) is 14.5 Å². The van der Waals surface area contributed by atoms with Gasteiger partial charge in [0.1, 0.15) is 0 Å². The van der Waals surface area contributed by atoms with Crippen LogP contribution in [0.5, 0.6) is 0 Å². The van der Waals surface area contributed by atoms with Crippen molar-refractivity contribution in [3.63, 3.8) is 0 Å². The minimum absolute atomic E-state index is 0.0680. The highest BCUT2D eigenvalue weighted by atomic mass is 16.2. The Hall–Kier alpha value is -2.30. The third kappa shape index (κ3) is 2.36. The van der Waals surface area contributed by atoms with Crippen LogP contribution in [0.1, 0.15) is 48.9 Å². The van der Waals surface area contributed by atoms with Gasteiger partial charge in [-0.15, -0.1) is 0 Å². The van der Waals surface area contributed by atoms with E-state index in [0.717, 1.165) is 30.4 Å². The lowest BCUT2D eigenvalue weighted by Gasteiger charge is -2.34. The highest BCUT2D eigenvalue weighted by Crippen LogP contribution is 2.40. The molecule has 1 aliphatic heterocycles. The van der Waals surface area contributed by atoms with Crippen LogP contribution in [0.2, 0.25) is 0 Å². The summed E-state index contributed by atoms with van der Waals surface area (Å²) in [6.45, 7) is 1.47. The molecule has 2 saturated carbocycles. The first kappa shape index (κ1) is 15.0. The molecule has 0 unspecified atom stereocenters. The number of carbonyl (C=O) groups is 1. The van der Waals surface area contributed by atoms with Gasteiger partial charge in [0, 0.05) is 18.7 Å². The largest absolute Gasteiger partial charge is 0.326 e. The summed E-state index contributed by atoms with van der Waals surface area (Å²) in [5.74, 6) is 0.709. The first-order valence-electron chi connectivity index (χ1n) is 9.39. The fourth-order valence-electron chi connectivity index (χ4n) is 4.55. The molecule has 3 aliphatic rings. The Morgan fingerprint density at radius 3 is 2.80 bits per heavy atom. The van der Waals surface area contributed by atoms with Crippen LogP contribution in [0.15, 0.2) is 35.1 Å². The summed E-state index contributed by atoms with van der Waals surface area (Å²) in [5, 5.41) is 0. The molecule has 2 fully saturated rings. The molecule has 0 radical (unpaired) electrons. The number of imidazole rings is 1. The monoisotopic (exact) mass is 337 g/mol. The number of carbonyl (C=O) groups excluding carboxylic acids is 1. The maximum Gasteiger partial charge on any atom is 0.326 e. The van der Waals surface area contributed by atoms with E-state index in [-0.39, 0.29) is 17.1 Å². The smallest absolute Gasteiger partial charge is 0.326 e. The lowest BCUT2D eigenvalue weighted by molar-refractivity contribution is 0.0644. The van der Waals surface area contributed by atoms with E-state index in [2.05, 4.69) is 17.1 Å². The number of rotatable bonds is 3. The number of aromatic nitrogens is 2. The molecule has 0 saturated heterocycles. The summed E-state index contributed by atoms with van der Waals surface area (Å²) in [7, 11) is 0. The van der Waals surface area contributed by atoms with Crippen LogP contribution < -0.4 is 5.69 Å². The summed E-state index contributed by atoms with van der Waals surface area (Å²) in [4.78, 5) is 30.3. The van der Waals surface area contributed by atoms with Crippen molar-refractivity contribution in [3.8, 4) is 0 Å². The number of nitrogens with one attached hydrogen (secondary N) is 1. The second-order valence-corrected chi connectivity index (χ2v) is 7.84. The normalized spacial score (nSPS) is 21.7. The van der Waals surface area contributed by atoms with Crippen molar-refractivity contribution in [2.45, 2.75) is 50.6 Å². The van der Waals surface area contributed by atoms with Crippen molar-refractivity contribution < 1.29 is 4.79 Å². The fourth-order valence-corrected chi connectivity index (χ4v) is 4.55. The molecule has 1 N–H and O–H groups in total. The zero-order valence-corrected chi connectivity index (χ0v) is 14.3. The Labute approximate surface area is 146 Å². The maximum atomic E-state index is 13.1. The Morgan fingerprint density at radius 1 is 1.24 bits per heavy atom. The predicted octanol–water partition coefficient (Wildman–Crippen LogP) is 3.06. The average Bonchev–Trinajstić information content (AvgIpc) is 3.03. The fraction of sp³-hybridized carbons (Fsp3) is 0.500. The van der Waals surface area contributed by atoms with Gasteiger partial charge in [-0.25, -0.2) is 4.79 Å². The number of nitrogens with zero attached hydrogens (tertiary/aromatic N) is 2. The molecule has 0 bridgehead atoms. The molecular formula is C20H23N3O2. The Kier molecular flexibility index (Phi) is 3.21. The second-order valence-electron chi connectivity index (χ2n) is 7.84. The van der Waals surface area contributed by atoms with E-state index in [1.165, 1.54) is 25.7 Å². The van der Waals surface area contributed by atoms with Gasteiger partial charge in [-0.05, 0) is 49.8 Å². The molecule has 1 amide bonds. The van der Waals surface area contributed by atoms with Crippen molar-refractivity contribution in [1.29, 1.82) is 0 Å². The van der Waals surface area contributed by atoms with Crippen molar-refractivity contribution in [3.05, 3.63) is 46.4 Å². The molecule has 1 spiro atoms. The number of aromatic amines is 1. The van der Waals surface area contributed by atoms with E-state index in [1.807, 2.05) is 27.7 Å². The molecule has 5 nitrogen and oxygen atoms in total. The van der Waals surface area contributed by atoms with Gasteiger partial charge in [0.15, 0.2) is 0 Å². The van der Waals surface area contributed by atoms with E-state index in [1.54, 1.807) is 0 Å². The lowest BCUT2D eigenvalue weighted by Crippen LogP contribution is -2.45. The topological polar surface area (TPSA) is 58.1 Å². The summed E-state index contributed by atoms with van der Waals surface area (Å²) in [6, 6.07) is 5.65. The Balaban J connectivity index is 1.48. The van der Waals surface area contributed by atoms with E-state index >= 15 is 0 Å². The summed E-state index contributed by atoms with van der Waals surface area (Å²) >= 11 is 0. The van der Waals surface area contributed by atoms with Crippen molar-refractivity contribution >= 4 is 16.9 Å². The quantitative estimate of drug-likeness (QED) is 0.875. The molecule has 25 heavy (non-hydrogen) atoms. The van der Waals surface area contributed by atoms with Crippen LogP contribution in [-0.4, -0.2) is 32.4 Å². The standard InChI is InChI=1S/C20H23N3O2/c24-18(23-11-3-10-20(23)8-1-2-9-20)15-6-7-17-16(12-15)21-19(25)22(17)13-14-4-5-14/h3,6-7,10,12,14H,1-2,4-5,8-9,11,13H2,(H,21,25). The van der Waals surface area contributed by atoms with Gasteiger partial charge in [-0.3, -0.25) is 9.36 Å². The molecule has 1 aromatic heterocycles. The van der Waals surface area contributed by atoms with E-state index in [4.69, 9.17) is 0 Å². The molecule has 130 valence electrons. The third-order valence-corrected chi connectivity index (χ3v) is 6.13. The van der Waals surface area contributed by atoms with E-state index in [9.17, 15) is 9.59 Å². The van der Waals surface area contributed by atoms with E-state index < -0.39 is 0 Å². The summed E-state index contributed by atoms with van der Waals surface area (Å²) in [5.41, 5.74) is 2.20. The number of H-pyrrole nitrogens is 1. The van der Waals surface area contributed by atoms with Crippen LogP contribution in [0.4, 0.5) is 0 Å². The highest BCUT2D eigenvalue weighted by Gasteiger charge is 2.42. The van der Waals surface area contributed by atoms with Crippen LogP contribution in [-0.2, 0) is 6.54 Å². The average molecular weight is 337 g/mol. The molecule has 2 aromatic rings. The number of benzene rings is 1. The lowest BCUT2D eigenvalue weighted by atomic mass is 9.96. The first-order chi connectivity index (χ1) is 12.2.